The number of alkyl halides is 3. The van der Waals surface area contributed by atoms with Gasteiger partial charge in [0.15, 0.2) is 0 Å². The lowest BCUT2D eigenvalue weighted by Gasteiger charge is -2.29. The predicted octanol–water partition coefficient (Wildman–Crippen LogP) is 3.36. The minimum Gasteiger partial charge on any atom is -0.480 e. The number of carboxylic acid groups (broad SMARTS) is 1. The van der Waals surface area contributed by atoms with E-state index in [0.717, 1.165) is 6.42 Å². The van der Waals surface area contributed by atoms with Crippen molar-refractivity contribution in [2.75, 3.05) is 19.8 Å². The van der Waals surface area contributed by atoms with Gasteiger partial charge in [0.25, 0.3) is 0 Å². The number of hydrogen-bond acceptors (Lipinski definition) is 3. The van der Waals surface area contributed by atoms with Gasteiger partial charge >= 0.3 is 12.1 Å². The zero-order valence-electron chi connectivity index (χ0n) is 12.8. The van der Waals surface area contributed by atoms with Gasteiger partial charge in [-0.1, -0.05) is 13.8 Å². The highest BCUT2D eigenvalue weighted by Crippen LogP contribution is 2.21. The molecule has 0 bridgehead atoms. The van der Waals surface area contributed by atoms with Crippen molar-refractivity contribution in [3.05, 3.63) is 0 Å². The number of carbonyl (C=O) groups is 1. The van der Waals surface area contributed by atoms with Crippen LogP contribution in [-0.2, 0) is 9.53 Å². The molecule has 0 aliphatic carbocycles. The fraction of sp³-hybridized carbons (Fsp3) is 0.929. The highest BCUT2D eigenvalue weighted by Gasteiger charge is 2.35. The van der Waals surface area contributed by atoms with E-state index in [1.54, 1.807) is 6.92 Å². The Hall–Kier alpha value is -0.820. The Morgan fingerprint density at radius 3 is 2.14 bits per heavy atom. The van der Waals surface area contributed by atoms with Gasteiger partial charge in [0, 0.05) is 19.6 Å². The van der Waals surface area contributed by atoms with Crippen LogP contribution in [0.2, 0.25) is 0 Å². The molecule has 0 fully saturated rings. The van der Waals surface area contributed by atoms with Gasteiger partial charge in [-0.2, -0.15) is 13.2 Å². The Morgan fingerprint density at radius 2 is 1.71 bits per heavy atom. The average molecular weight is 313 g/mol. The van der Waals surface area contributed by atoms with Crippen molar-refractivity contribution in [2.24, 2.45) is 0 Å². The summed E-state index contributed by atoms with van der Waals surface area (Å²) in [5, 5.41) is 12.4. The van der Waals surface area contributed by atoms with Crippen molar-refractivity contribution in [3.8, 4) is 0 Å². The molecule has 0 rings (SSSR count). The van der Waals surface area contributed by atoms with Crippen molar-refractivity contribution < 1.29 is 27.8 Å². The summed E-state index contributed by atoms with van der Waals surface area (Å²) in [6.45, 7) is 4.71. The largest absolute Gasteiger partial charge is 0.480 e. The molecule has 2 N–H and O–H groups in total. The van der Waals surface area contributed by atoms with E-state index in [1.807, 2.05) is 6.92 Å². The van der Waals surface area contributed by atoms with Crippen LogP contribution >= 0.6 is 0 Å². The molecule has 0 heterocycles. The monoisotopic (exact) mass is 313 g/mol. The zero-order valence-corrected chi connectivity index (χ0v) is 12.8. The Morgan fingerprint density at radius 1 is 1.14 bits per heavy atom. The maximum Gasteiger partial charge on any atom is 0.389 e. The Balaban J connectivity index is 3.96. The molecule has 0 aromatic carbocycles. The Bertz CT molecular complexity index is 298. The first-order chi connectivity index (χ1) is 9.77. The van der Waals surface area contributed by atoms with Crippen molar-refractivity contribution in [1.82, 2.24) is 5.32 Å². The van der Waals surface area contributed by atoms with E-state index in [4.69, 9.17) is 4.74 Å². The summed E-state index contributed by atoms with van der Waals surface area (Å²) in [6, 6.07) is 0. The van der Waals surface area contributed by atoms with Gasteiger partial charge in [0.2, 0.25) is 0 Å². The highest BCUT2D eigenvalue weighted by atomic mass is 19.4. The summed E-state index contributed by atoms with van der Waals surface area (Å²) in [6.07, 6.45) is -2.86. The molecule has 4 nitrogen and oxygen atoms in total. The number of rotatable bonds is 12. The van der Waals surface area contributed by atoms with E-state index in [2.05, 4.69) is 5.32 Å². The van der Waals surface area contributed by atoms with Crippen molar-refractivity contribution in [1.29, 1.82) is 0 Å². The first-order valence-corrected chi connectivity index (χ1v) is 7.40. The second-order valence-corrected chi connectivity index (χ2v) is 5.10. The SMILES string of the molecule is CCCNC(CC)(CCCOCCCC(F)(F)F)C(=O)O. The minimum atomic E-state index is -4.14. The molecule has 126 valence electrons. The molecule has 0 aromatic heterocycles. The van der Waals surface area contributed by atoms with E-state index in [1.165, 1.54) is 0 Å². The van der Waals surface area contributed by atoms with E-state index in [9.17, 15) is 23.1 Å². The third kappa shape index (κ3) is 8.93. The fourth-order valence-electron chi connectivity index (χ4n) is 2.04. The van der Waals surface area contributed by atoms with Crippen molar-refractivity contribution >= 4 is 5.97 Å². The maximum atomic E-state index is 11.9. The van der Waals surface area contributed by atoms with Crippen molar-refractivity contribution in [2.45, 2.75) is 64.1 Å². The quantitative estimate of drug-likeness (QED) is 0.542. The van der Waals surface area contributed by atoms with Gasteiger partial charge in [0.05, 0.1) is 0 Å². The lowest BCUT2D eigenvalue weighted by atomic mass is 9.90. The van der Waals surface area contributed by atoms with Crippen LogP contribution < -0.4 is 5.32 Å². The second-order valence-electron chi connectivity index (χ2n) is 5.10. The summed E-state index contributed by atoms with van der Waals surface area (Å²) in [5.41, 5.74) is -0.967. The molecule has 0 saturated heterocycles. The van der Waals surface area contributed by atoms with Gasteiger partial charge in [-0.05, 0) is 38.6 Å². The molecule has 1 atom stereocenters. The van der Waals surface area contributed by atoms with Crippen molar-refractivity contribution in [3.63, 3.8) is 0 Å². The second kappa shape index (κ2) is 10.00. The van der Waals surface area contributed by atoms with Crippen LogP contribution in [0.25, 0.3) is 0 Å². The smallest absolute Gasteiger partial charge is 0.389 e. The number of nitrogens with one attached hydrogen (secondary N) is 1. The van der Waals surface area contributed by atoms with Crippen LogP contribution in [0.1, 0.15) is 52.4 Å². The molecule has 0 saturated carbocycles. The number of aliphatic carboxylic acids is 1. The first-order valence-electron chi connectivity index (χ1n) is 7.40. The third-order valence-electron chi connectivity index (χ3n) is 3.37. The van der Waals surface area contributed by atoms with Gasteiger partial charge < -0.3 is 15.2 Å². The van der Waals surface area contributed by atoms with E-state index < -0.39 is 24.1 Å². The standard InChI is InChI=1S/C14H26F3NO3/c1-3-9-18-13(4-2,12(19)20)7-5-10-21-11-6-8-14(15,16)17/h18H,3-11H2,1-2H3,(H,19,20). The molecule has 0 aliphatic heterocycles. The molecule has 0 aliphatic rings. The zero-order chi connectivity index (χ0) is 16.4. The highest BCUT2D eigenvalue weighted by molar-refractivity contribution is 5.78. The van der Waals surface area contributed by atoms with Gasteiger partial charge in [0.1, 0.15) is 5.54 Å². The normalized spacial score (nSPS) is 14.9. The average Bonchev–Trinajstić information content (AvgIpc) is 2.39. The summed E-state index contributed by atoms with van der Waals surface area (Å²) in [7, 11) is 0. The third-order valence-corrected chi connectivity index (χ3v) is 3.37. The van der Waals surface area contributed by atoms with Crippen LogP contribution in [0.4, 0.5) is 13.2 Å². The molecule has 0 amide bonds. The predicted molar refractivity (Wildman–Crippen MR) is 74.3 cm³/mol. The van der Waals surface area contributed by atoms with Crippen LogP contribution in [-0.4, -0.2) is 42.5 Å². The van der Waals surface area contributed by atoms with Gasteiger partial charge in [-0.3, -0.25) is 4.79 Å². The summed E-state index contributed by atoms with van der Waals surface area (Å²) in [4.78, 5) is 11.4. The topological polar surface area (TPSA) is 58.6 Å². The molecule has 0 radical (unpaired) electrons. The first kappa shape index (κ1) is 20.2. The summed E-state index contributed by atoms with van der Waals surface area (Å²) < 4.78 is 40.9. The molecule has 0 aromatic rings. The van der Waals surface area contributed by atoms with E-state index in [-0.39, 0.29) is 19.6 Å². The Labute approximate surface area is 124 Å². The Kier molecular flexibility index (Phi) is 9.61. The van der Waals surface area contributed by atoms with E-state index >= 15 is 0 Å². The molecule has 21 heavy (non-hydrogen) atoms. The lowest BCUT2D eigenvalue weighted by molar-refractivity contribution is -0.146. The summed E-state index contributed by atoms with van der Waals surface area (Å²) in [5.74, 6) is -0.893. The number of halogens is 3. The maximum absolute atomic E-state index is 11.9. The van der Waals surface area contributed by atoms with Crippen LogP contribution in [0.3, 0.4) is 0 Å². The fourth-order valence-corrected chi connectivity index (χ4v) is 2.04. The number of hydrogen-bond donors (Lipinski definition) is 2. The van der Waals surface area contributed by atoms with E-state index in [0.29, 0.717) is 25.8 Å². The van der Waals surface area contributed by atoms with Crippen LogP contribution in [0, 0.1) is 0 Å². The van der Waals surface area contributed by atoms with Gasteiger partial charge in [-0.25, -0.2) is 0 Å². The number of carboxylic acids is 1. The molecular weight excluding hydrogens is 287 g/mol. The molecule has 7 heteroatoms. The molecule has 0 spiro atoms. The minimum absolute atomic E-state index is 0.0497. The number of ether oxygens (including phenoxy) is 1. The molecule has 1 unspecified atom stereocenters. The van der Waals surface area contributed by atoms with Crippen LogP contribution in [0.15, 0.2) is 0 Å². The summed E-state index contributed by atoms with van der Waals surface area (Å²) >= 11 is 0. The van der Waals surface area contributed by atoms with Gasteiger partial charge in [-0.15, -0.1) is 0 Å². The lowest BCUT2D eigenvalue weighted by Crippen LogP contribution is -2.52. The molecular formula is C14H26F3NO3. The van der Waals surface area contributed by atoms with Crippen LogP contribution in [0.5, 0.6) is 0 Å².